The lowest BCUT2D eigenvalue weighted by molar-refractivity contribution is -0.116. The van der Waals surface area contributed by atoms with Gasteiger partial charge in [-0.2, -0.15) is 0 Å². The molecule has 0 saturated heterocycles. The molecule has 3 rings (SSSR count). The first kappa shape index (κ1) is 16.4. The molecule has 4 heteroatoms. The van der Waals surface area contributed by atoms with E-state index in [9.17, 15) is 9.90 Å². The molecule has 2 N–H and O–H groups in total. The van der Waals surface area contributed by atoms with Crippen LogP contribution in [0.2, 0.25) is 5.02 Å². The van der Waals surface area contributed by atoms with Crippen molar-refractivity contribution >= 4 is 23.1 Å². The monoisotopic (exact) mass is 333 g/mol. The van der Waals surface area contributed by atoms with E-state index in [0.29, 0.717) is 22.1 Å². The molecular formula is C19H24ClNO2. The highest BCUT2D eigenvalue weighted by Gasteiger charge is 2.48. The van der Waals surface area contributed by atoms with Gasteiger partial charge < -0.3 is 10.4 Å². The molecule has 0 atom stereocenters. The van der Waals surface area contributed by atoms with Crippen LogP contribution in [0.5, 0.6) is 0 Å². The smallest absolute Gasteiger partial charge is 0.256 e. The van der Waals surface area contributed by atoms with Gasteiger partial charge in [0.25, 0.3) is 5.91 Å². The van der Waals surface area contributed by atoms with Crippen LogP contribution in [0, 0.1) is 19.8 Å². The number of hydrogen-bond acceptors (Lipinski definition) is 2. The molecule has 23 heavy (non-hydrogen) atoms. The molecule has 0 bridgehead atoms. The van der Waals surface area contributed by atoms with Crippen molar-refractivity contribution in [2.45, 2.75) is 58.4 Å². The van der Waals surface area contributed by atoms with Crippen molar-refractivity contribution < 1.29 is 9.90 Å². The fourth-order valence-electron chi connectivity index (χ4n) is 4.09. The lowest BCUT2D eigenvalue weighted by Crippen LogP contribution is -2.47. The van der Waals surface area contributed by atoms with Gasteiger partial charge in [0, 0.05) is 10.6 Å². The molecule has 124 valence electrons. The normalized spacial score (nSPS) is 27.7. The molecule has 3 nitrogen and oxygen atoms in total. The Bertz CT molecular complexity index is 662. The highest BCUT2D eigenvalue weighted by atomic mass is 35.5. The standard InChI is InChI=1S/C19H24ClNO2/c1-4-13-5-7-19(8-6-13)17(22)16(18(23)21-19)15-12(3)9-11(2)10-14(15)20/h9-10,13,22H,4-8H2,1-3H3,(H,21,23). The SMILES string of the molecule is CCC1CCC2(CC1)NC(=O)C(c1c(C)cc(C)cc1Cl)=C2O. The number of aliphatic hydroxyl groups excluding tert-OH is 1. The average Bonchev–Trinajstić information content (AvgIpc) is 2.72. The third-order valence-electron chi connectivity index (χ3n) is 5.49. The highest BCUT2D eigenvalue weighted by Crippen LogP contribution is 2.45. The summed E-state index contributed by atoms with van der Waals surface area (Å²) in [7, 11) is 0. The molecule has 1 aliphatic carbocycles. The molecular weight excluding hydrogens is 310 g/mol. The number of benzene rings is 1. The fraction of sp³-hybridized carbons (Fsp3) is 0.526. The fourth-order valence-corrected chi connectivity index (χ4v) is 4.51. The molecule has 1 spiro atoms. The van der Waals surface area contributed by atoms with Crippen molar-refractivity contribution in [3.8, 4) is 0 Å². The summed E-state index contributed by atoms with van der Waals surface area (Å²) in [5.74, 6) is 0.677. The van der Waals surface area contributed by atoms with Crippen molar-refractivity contribution in [3.05, 3.63) is 39.6 Å². The Balaban J connectivity index is 2.04. The van der Waals surface area contributed by atoms with Gasteiger partial charge in [0.15, 0.2) is 0 Å². The summed E-state index contributed by atoms with van der Waals surface area (Å²) in [5.41, 5.74) is 2.42. The zero-order chi connectivity index (χ0) is 16.8. The van der Waals surface area contributed by atoms with E-state index in [4.69, 9.17) is 11.6 Å². The van der Waals surface area contributed by atoms with E-state index in [1.54, 1.807) is 0 Å². The summed E-state index contributed by atoms with van der Waals surface area (Å²) < 4.78 is 0. The van der Waals surface area contributed by atoms with E-state index < -0.39 is 5.54 Å². The Kier molecular flexibility index (Phi) is 4.18. The summed E-state index contributed by atoms with van der Waals surface area (Å²) in [4.78, 5) is 12.6. The van der Waals surface area contributed by atoms with Crippen molar-refractivity contribution in [1.29, 1.82) is 0 Å². The van der Waals surface area contributed by atoms with Crippen LogP contribution in [-0.4, -0.2) is 16.6 Å². The van der Waals surface area contributed by atoms with E-state index in [1.165, 1.54) is 0 Å². The Hall–Kier alpha value is -1.48. The average molecular weight is 334 g/mol. The van der Waals surface area contributed by atoms with Gasteiger partial charge in [-0.3, -0.25) is 4.79 Å². The molecule has 2 aliphatic rings. The largest absolute Gasteiger partial charge is 0.509 e. The topological polar surface area (TPSA) is 49.3 Å². The molecule has 0 unspecified atom stereocenters. The number of amides is 1. The number of hydrogen-bond donors (Lipinski definition) is 2. The van der Waals surface area contributed by atoms with Gasteiger partial charge in [-0.15, -0.1) is 0 Å². The quantitative estimate of drug-likeness (QED) is 0.824. The van der Waals surface area contributed by atoms with Gasteiger partial charge in [-0.25, -0.2) is 0 Å². The molecule has 1 fully saturated rings. The molecule has 1 heterocycles. The predicted molar refractivity (Wildman–Crippen MR) is 93.6 cm³/mol. The number of nitrogens with one attached hydrogen (secondary N) is 1. The van der Waals surface area contributed by atoms with Crippen LogP contribution in [0.15, 0.2) is 17.9 Å². The first-order chi connectivity index (χ1) is 10.9. The minimum absolute atomic E-state index is 0.186. The summed E-state index contributed by atoms with van der Waals surface area (Å²) in [6.45, 7) is 6.10. The van der Waals surface area contributed by atoms with Crippen LogP contribution < -0.4 is 5.32 Å². The number of aliphatic hydroxyl groups is 1. The number of halogens is 1. The number of carbonyl (C=O) groups is 1. The zero-order valence-corrected chi connectivity index (χ0v) is 14.8. The van der Waals surface area contributed by atoms with Gasteiger partial charge in [0.05, 0.1) is 11.1 Å². The van der Waals surface area contributed by atoms with Gasteiger partial charge >= 0.3 is 0 Å². The Morgan fingerprint density at radius 3 is 2.52 bits per heavy atom. The maximum Gasteiger partial charge on any atom is 0.256 e. The molecule has 1 amide bonds. The van der Waals surface area contributed by atoms with Crippen molar-refractivity contribution in [1.82, 2.24) is 5.32 Å². The number of aryl methyl sites for hydroxylation is 2. The minimum atomic E-state index is -0.585. The number of rotatable bonds is 2. The second kappa shape index (κ2) is 5.86. The minimum Gasteiger partial charge on any atom is -0.509 e. The third-order valence-corrected chi connectivity index (χ3v) is 5.79. The maximum atomic E-state index is 12.6. The van der Waals surface area contributed by atoms with Crippen LogP contribution in [0.25, 0.3) is 5.57 Å². The van der Waals surface area contributed by atoms with Crippen molar-refractivity contribution in [2.75, 3.05) is 0 Å². The summed E-state index contributed by atoms with van der Waals surface area (Å²) in [5, 5.41) is 14.5. The second-order valence-electron chi connectivity index (χ2n) is 7.05. The van der Waals surface area contributed by atoms with E-state index in [2.05, 4.69) is 12.2 Å². The zero-order valence-electron chi connectivity index (χ0n) is 14.0. The highest BCUT2D eigenvalue weighted by molar-refractivity contribution is 6.36. The maximum absolute atomic E-state index is 12.6. The van der Waals surface area contributed by atoms with Gasteiger partial charge in [0.1, 0.15) is 5.76 Å². The van der Waals surface area contributed by atoms with Crippen molar-refractivity contribution in [2.24, 2.45) is 5.92 Å². The van der Waals surface area contributed by atoms with Gasteiger partial charge in [-0.05, 0) is 62.6 Å². The van der Waals surface area contributed by atoms with E-state index in [1.807, 2.05) is 26.0 Å². The Morgan fingerprint density at radius 1 is 1.30 bits per heavy atom. The predicted octanol–water partition coefficient (Wildman–Crippen LogP) is 4.69. The lowest BCUT2D eigenvalue weighted by Gasteiger charge is -2.36. The van der Waals surface area contributed by atoms with Crippen LogP contribution in [-0.2, 0) is 4.79 Å². The van der Waals surface area contributed by atoms with E-state index in [0.717, 1.165) is 43.2 Å². The van der Waals surface area contributed by atoms with Crippen LogP contribution in [0.3, 0.4) is 0 Å². The second-order valence-corrected chi connectivity index (χ2v) is 7.46. The summed E-state index contributed by atoms with van der Waals surface area (Å²) in [6.07, 6.45) is 4.83. The van der Waals surface area contributed by atoms with Gasteiger partial charge in [-0.1, -0.05) is 31.0 Å². The third kappa shape index (κ3) is 2.65. The van der Waals surface area contributed by atoms with Crippen molar-refractivity contribution in [3.63, 3.8) is 0 Å². The molecule has 1 aromatic carbocycles. The summed E-state index contributed by atoms with van der Waals surface area (Å²) >= 11 is 6.39. The molecule has 0 radical (unpaired) electrons. The van der Waals surface area contributed by atoms with Crippen LogP contribution >= 0.6 is 11.6 Å². The molecule has 0 aromatic heterocycles. The molecule has 1 aromatic rings. The first-order valence-corrected chi connectivity index (χ1v) is 8.79. The van der Waals surface area contributed by atoms with E-state index in [-0.39, 0.29) is 11.7 Å². The van der Waals surface area contributed by atoms with Gasteiger partial charge in [0.2, 0.25) is 0 Å². The van der Waals surface area contributed by atoms with Crippen LogP contribution in [0.1, 0.15) is 55.7 Å². The Morgan fingerprint density at radius 2 is 1.96 bits per heavy atom. The summed E-state index contributed by atoms with van der Waals surface area (Å²) in [6, 6.07) is 3.84. The first-order valence-electron chi connectivity index (χ1n) is 8.41. The lowest BCUT2D eigenvalue weighted by atomic mass is 9.75. The number of carbonyl (C=O) groups excluding carboxylic acids is 1. The van der Waals surface area contributed by atoms with Crippen LogP contribution in [0.4, 0.5) is 0 Å². The van der Waals surface area contributed by atoms with E-state index >= 15 is 0 Å². The molecule has 1 aliphatic heterocycles. The molecule has 1 saturated carbocycles. The Labute approximate surface area is 142 Å².